The third kappa shape index (κ3) is 4.67. The molecule has 8 nitrogen and oxygen atoms in total. The van der Waals surface area contributed by atoms with E-state index in [0.717, 1.165) is 6.07 Å². The lowest BCUT2D eigenvalue weighted by Gasteiger charge is -2.09. The molecule has 0 bridgehead atoms. The average Bonchev–Trinajstić information content (AvgIpc) is 2.61. The maximum atomic E-state index is 11.9. The van der Waals surface area contributed by atoms with Gasteiger partial charge in [-0.25, -0.2) is 0 Å². The van der Waals surface area contributed by atoms with Crippen molar-refractivity contribution >= 4 is 34.8 Å². The third-order valence-electron chi connectivity index (χ3n) is 3.24. The number of anilines is 1. The molecule has 0 fully saturated rings. The number of nitrogens with zero attached hydrogens (tertiary/aromatic N) is 1. The zero-order valence-corrected chi connectivity index (χ0v) is 13.9. The van der Waals surface area contributed by atoms with Crippen LogP contribution >= 0.6 is 11.6 Å². The van der Waals surface area contributed by atoms with E-state index >= 15 is 0 Å². The highest BCUT2D eigenvalue weighted by Gasteiger charge is 2.17. The van der Waals surface area contributed by atoms with Crippen LogP contribution in [0.15, 0.2) is 42.5 Å². The van der Waals surface area contributed by atoms with E-state index in [1.54, 1.807) is 24.3 Å². The normalized spacial score (nSPS) is 10.0. The summed E-state index contributed by atoms with van der Waals surface area (Å²) in [4.78, 5) is 33.9. The molecule has 0 saturated heterocycles. The van der Waals surface area contributed by atoms with E-state index in [-0.39, 0.29) is 22.9 Å². The van der Waals surface area contributed by atoms with Crippen molar-refractivity contribution in [1.82, 2.24) is 5.32 Å². The number of halogens is 1. The number of rotatable bonds is 5. The Balaban J connectivity index is 2.00. The van der Waals surface area contributed by atoms with Crippen molar-refractivity contribution in [3.63, 3.8) is 0 Å². The number of nitro benzene ring substituents is 1. The molecule has 0 unspecified atom stereocenters. The van der Waals surface area contributed by atoms with Crippen LogP contribution in [0.2, 0.25) is 5.02 Å². The first-order valence-corrected chi connectivity index (χ1v) is 7.45. The van der Waals surface area contributed by atoms with Crippen LogP contribution in [0.4, 0.5) is 11.4 Å². The third-order valence-corrected chi connectivity index (χ3v) is 3.56. The molecule has 0 heterocycles. The summed E-state index contributed by atoms with van der Waals surface area (Å²) in [7, 11) is 1.50. The highest BCUT2D eigenvalue weighted by atomic mass is 35.5. The predicted molar refractivity (Wildman–Crippen MR) is 91.6 cm³/mol. The topological polar surface area (TPSA) is 111 Å². The van der Waals surface area contributed by atoms with Gasteiger partial charge in [0.05, 0.1) is 12.0 Å². The van der Waals surface area contributed by atoms with Crippen molar-refractivity contribution in [3.8, 4) is 5.75 Å². The maximum absolute atomic E-state index is 11.9. The number of carbonyl (C=O) groups is 2. The quantitative estimate of drug-likeness (QED) is 0.481. The van der Waals surface area contributed by atoms with Crippen LogP contribution in [0.1, 0.15) is 5.56 Å². The van der Waals surface area contributed by atoms with E-state index in [0.29, 0.717) is 11.3 Å². The second-order valence-electron chi connectivity index (χ2n) is 4.87. The lowest BCUT2D eigenvalue weighted by molar-refractivity contribution is -0.384. The lowest BCUT2D eigenvalue weighted by Crippen LogP contribution is -2.35. The van der Waals surface area contributed by atoms with Crippen LogP contribution in [0.5, 0.6) is 5.75 Å². The molecule has 2 aromatic carbocycles. The average molecular weight is 364 g/mol. The standard InChI is InChI=1S/C16H14ClN3O5/c1-25-14-5-3-2-4-10(14)9-18-15(21)16(22)19-11-6-7-12(17)13(8-11)20(23)24/h2-8H,9H2,1H3,(H,18,21)(H,19,22). The fourth-order valence-corrected chi connectivity index (χ4v) is 2.21. The minimum Gasteiger partial charge on any atom is -0.496 e. The molecule has 2 aromatic rings. The van der Waals surface area contributed by atoms with E-state index < -0.39 is 16.7 Å². The van der Waals surface area contributed by atoms with Gasteiger partial charge >= 0.3 is 11.8 Å². The Morgan fingerprint density at radius 1 is 1.20 bits per heavy atom. The summed E-state index contributed by atoms with van der Waals surface area (Å²) in [5, 5.41) is 15.5. The van der Waals surface area contributed by atoms with Gasteiger partial charge in [-0.2, -0.15) is 0 Å². The second-order valence-corrected chi connectivity index (χ2v) is 5.28. The molecule has 0 aliphatic rings. The molecule has 2 amide bonds. The first kappa shape index (κ1) is 18.2. The number of benzene rings is 2. The molecule has 0 spiro atoms. The van der Waals surface area contributed by atoms with Gasteiger partial charge in [-0.15, -0.1) is 0 Å². The molecular weight excluding hydrogens is 350 g/mol. The largest absolute Gasteiger partial charge is 0.496 e. The summed E-state index contributed by atoms with van der Waals surface area (Å²) in [6.45, 7) is 0.0943. The number of para-hydroxylation sites is 1. The second kappa shape index (κ2) is 8.11. The molecule has 130 valence electrons. The summed E-state index contributed by atoms with van der Waals surface area (Å²) < 4.78 is 5.15. The molecule has 0 radical (unpaired) electrons. The minimum atomic E-state index is -0.952. The van der Waals surface area contributed by atoms with Crippen molar-refractivity contribution < 1.29 is 19.2 Å². The number of methoxy groups -OCH3 is 1. The van der Waals surface area contributed by atoms with Gasteiger partial charge in [-0.05, 0) is 18.2 Å². The zero-order chi connectivity index (χ0) is 18.4. The zero-order valence-electron chi connectivity index (χ0n) is 13.1. The Bertz CT molecular complexity index is 825. The van der Waals surface area contributed by atoms with Crippen LogP contribution in [0.3, 0.4) is 0 Å². The van der Waals surface area contributed by atoms with Gasteiger partial charge in [0.25, 0.3) is 5.69 Å². The Kier molecular flexibility index (Phi) is 5.91. The van der Waals surface area contributed by atoms with Crippen LogP contribution in [0, 0.1) is 10.1 Å². The first-order valence-electron chi connectivity index (χ1n) is 7.07. The summed E-state index contributed by atoms with van der Waals surface area (Å²) in [5.74, 6) is -1.26. The number of amides is 2. The van der Waals surface area contributed by atoms with Crippen molar-refractivity contribution in [3.05, 3.63) is 63.2 Å². The van der Waals surface area contributed by atoms with Gasteiger partial charge < -0.3 is 15.4 Å². The molecule has 2 N–H and O–H groups in total. The van der Waals surface area contributed by atoms with Crippen molar-refractivity contribution in [2.75, 3.05) is 12.4 Å². The van der Waals surface area contributed by atoms with Gasteiger partial charge in [0, 0.05) is 23.9 Å². The molecular formula is C16H14ClN3O5. The number of nitro groups is 1. The van der Waals surface area contributed by atoms with Crippen molar-refractivity contribution in [2.45, 2.75) is 6.54 Å². The van der Waals surface area contributed by atoms with E-state index in [1.165, 1.54) is 19.2 Å². The Hall–Kier alpha value is -3.13. The van der Waals surface area contributed by atoms with Gasteiger partial charge in [0.15, 0.2) is 0 Å². The fraction of sp³-hybridized carbons (Fsp3) is 0.125. The molecule has 25 heavy (non-hydrogen) atoms. The summed E-state index contributed by atoms with van der Waals surface area (Å²) in [6, 6.07) is 10.7. The van der Waals surface area contributed by atoms with Gasteiger partial charge in [0.2, 0.25) is 0 Å². The maximum Gasteiger partial charge on any atom is 0.313 e. The SMILES string of the molecule is COc1ccccc1CNC(=O)C(=O)Nc1ccc(Cl)c([N+](=O)[O-])c1. The highest BCUT2D eigenvalue weighted by molar-refractivity contribution is 6.39. The highest BCUT2D eigenvalue weighted by Crippen LogP contribution is 2.27. The molecule has 0 aliphatic carbocycles. The van der Waals surface area contributed by atoms with Crippen molar-refractivity contribution in [1.29, 1.82) is 0 Å². The fourth-order valence-electron chi connectivity index (χ4n) is 2.02. The number of nitrogens with one attached hydrogen (secondary N) is 2. The summed E-state index contributed by atoms with van der Waals surface area (Å²) >= 11 is 5.69. The van der Waals surface area contributed by atoms with Crippen LogP contribution in [-0.4, -0.2) is 23.8 Å². The van der Waals surface area contributed by atoms with E-state index in [9.17, 15) is 19.7 Å². The monoisotopic (exact) mass is 363 g/mol. The van der Waals surface area contributed by atoms with Crippen LogP contribution < -0.4 is 15.4 Å². The number of hydrogen-bond donors (Lipinski definition) is 2. The number of ether oxygens (including phenoxy) is 1. The predicted octanol–water partition coefficient (Wildman–Crippen LogP) is 2.51. The minimum absolute atomic E-state index is 0.0661. The van der Waals surface area contributed by atoms with Crippen LogP contribution in [-0.2, 0) is 16.1 Å². The van der Waals surface area contributed by atoms with E-state index in [1.807, 2.05) is 0 Å². The first-order chi connectivity index (χ1) is 11.9. The van der Waals surface area contributed by atoms with Gasteiger partial charge in [0.1, 0.15) is 10.8 Å². The molecule has 0 aliphatic heterocycles. The van der Waals surface area contributed by atoms with E-state index in [4.69, 9.17) is 16.3 Å². The molecule has 0 aromatic heterocycles. The Labute approximate surface area is 147 Å². The molecule has 9 heteroatoms. The summed E-state index contributed by atoms with van der Waals surface area (Å²) in [6.07, 6.45) is 0. The Morgan fingerprint density at radius 3 is 2.60 bits per heavy atom. The summed E-state index contributed by atoms with van der Waals surface area (Å²) in [5.41, 5.74) is 0.427. The van der Waals surface area contributed by atoms with E-state index in [2.05, 4.69) is 10.6 Å². The number of carbonyl (C=O) groups excluding carboxylic acids is 2. The number of hydrogen-bond acceptors (Lipinski definition) is 5. The Morgan fingerprint density at radius 2 is 1.92 bits per heavy atom. The molecule has 0 atom stereocenters. The molecule has 2 rings (SSSR count). The van der Waals surface area contributed by atoms with Gasteiger partial charge in [-0.1, -0.05) is 29.8 Å². The lowest BCUT2D eigenvalue weighted by atomic mass is 10.2. The smallest absolute Gasteiger partial charge is 0.313 e. The molecule has 0 saturated carbocycles. The van der Waals surface area contributed by atoms with Gasteiger partial charge in [-0.3, -0.25) is 19.7 Å². The van der Waals surface area contributed by atoms with Crippen LogP contribution in [0.25, 0.3) is 0 Å². The van der Waals surface area contributed by atoms with Crippen molar-refractivity contribution in [2.24, 2.45) is 0 Å².